The van der Waals surface area contributed by atoms with Crippen LogP contribution in [0.3, 0.4) is 0 Å². The van der Waals surface area contributed by atoms with Crippen LogP contribution in [0.15, 0.2) is 42.5 Å². The van der Waals surface area contributed by atoms with Crippen LogP contribution in [0.4, 0.5) is 0 Å². The molecule has 0 radical (unpaired) electrons. The van der Waals surface area contributed by atoms with Gasteiger partial charge in [-0.1, -0.05) is 41.9 Å². The van der Waals surface area contributed by atoms with Crippen LogP contribution in [0.5, 0.6) is 11.5 Å². The van der Waals surface area contributed by atoms with Gasteiger partial charge in [-0.3, -0.25) is 0 Å². The zero-order valence-electron chi connectivity index (χ0n) is 9.61. The summed E-state index contributed by atoms with van der Waals surface area (Å²) in [5, 5.41) is 0.580. The van der Waals surface area contributed by atoms with Crippen LogP contribution >= 0.6 is 11.6 Å². The Bertz CT molecular complexity index is 525. The molecule has 3 heteroatoms. The van der Waals surface area contributed by atoms with Crippen LogP contribution in [-0.4, -0.2) is 0 Å². The van der Waals surface area contributed by atoms with Crippen molar-refractivity contribution in [3.63, 3.8) is 0 Å². The average molecular weight is 248 g/mol. The minimum absolute atomic E-state index is 0.405. The Labute approximate surface area is 106 Å². The molecule has 0 heterocycles. The lowest BCUT2D eigenvalue weighted by Gasteiger charge is -2.13. The monoisotopic (exact) mass is 247 g/mol. The van der Waals surface area contributed by atoms with E-state index >= 15 is 0 Å². The molecule has 0 aliphatic heterocycles. The molecule has 2 rings (SSSR count). The molecule has 0 amide bonds. The fourth-order valence-electron chi connectivity index (χ4n) is 1.61. The van der Waals surface area contributed by atoms with Gasteiger partial charge in [0.25, 0.3) is 0 Å². The van der Waals surface area contributed by atoms with Crippen molar-refractivity contribution in [2.45, 2.75) is 13.5 Å². The highest BCUT2D eigenvalue weighted by atomic mass is 35.5. The zero-order valence-corrected chi connectivity index (χ0v) is 10.4. The Kier molecular flexibility index (Phi) is 3.67. The van der Waals surface area contributed by atoms with E-state index in [1.807, 2.05) is 43.3 Å². The fourth-order valence-corrected chi connectivity index (χ4v) is 1.84. The molecular formula is C14H14ClNO. The Morgan fingerprint density at radius 3 is 2.59 bits per heavy atom. The number of para-hydroxylation sites is 2. The predicted molar refractivity (Wildman–Crippen MR) is 70.6 cm³/mol. The lowest BCUT2D eigenvalue weighted by Crippen LogP contribution is -2.00. The molecule has 2 aromatic rings. The molecule has 0 unspecified atom stereocenters. The second-order valence-electron chi connectivity index (χ2n) is 3.80. The number of nitrogens with two attached hydrogens (primary N) is 1. The van der Waals surface area contributed by atoms with Crippen LogP contribution in [-0.2, 0) is 6.54 Å². The average Bonchev–Trinajstić information content (AvgIpc) is 2.34. The summed E-state index contributed by atoms with van der Waals surface area (Å²) in [5.41, 5.74) is 7.64. The molecule has 0 fully saturated rings. The molecule has 2 aromatic carbocycles. The van der Waals surface area contributed by atoms with Gasteiger partial charge >= 0.3 is 0 Å². The van der Waals surface area contributed by atoms with E-state index < -0.39 is 0 Å². The van der Waals surface area contributed by atoms with Gasteiger partial charge in [-0.05, 0) is 24.6 Å². The summed E-state index contributed by atoms with van der Waals surface area (Å²) in [6, 6.07) is 13.4. The Morgan fingerprint density at radius 1 is 1.12 bits per heavy atom. The number of rotatable bonds is 3. The highest BCUT2D eigenvalue weighted by Gasteiger charge is 2.09. The molecular weight excluding hydrogens is 234 g/mol. The van der Waals surface area contributed by atoms with Crippen LogP contribution in [0.1, 0.15) is 11.1 Å². The molecule has 0 bridgehead atoms. The van der Waals surface area contributed by atoms with E-state index in [1.54, 1.807) is 6.07 Å². The molecule has 2 nitrogen and oxygen atoms in total. The highest BCUT2D eigenvalue weighted by molar-refractivity contribution is 6.32. The van der Waals surface area contributed by atoms with Crippen molar-refractivity contribution in [2.75, 3.05) is 0 Å². The van der Waals surface area contributed by atoms with Gasteiger partial charge in [-0.15, -0.1) is 0 Å². The van der Waals surface area contributed by atoms with E-state index in [1.165, 1.54) is 0 Å². The Hall–Kier alpha value is -1.51. The standard InChI is InChI=1S/C14H14ClNO/c1-10-5-2-3-8-13(10)17-14-11(9-16)6-4-7-12(14)15/h2-8H,9,16H2,1H3. The van der Waals surface area contributed by atoms with Crippen LogP contribution in [0.25, 0.3) is 0 Å². The molecule has 0 saturated carbocycles. The van der Waals surface area contributed by atoms with Crippen molar-refractivity contribution < 1.29 is 4.74 Å². The minimum atomic E-state index is 0.405. The number of ether oxygens (including phenoxy) is 1. The van der Waals surface area contributed by atoms with Crippen molar-refractivity contribution in [1.82, 2.24) is 0 Å². The van der Waals surface area contributed by atoms with E-state index in [0.717, 1.165) is 16.9 Å². The molecule has 0 atom stereocenters. The quantitative estimate of drug-likeness (QED) is 0.893. The fraction of sp³-hybridized carbons (Fsp3) is 0.143. The van der Waals surface area contributed by atoms with Crippen molar-refractivity contribution in [2.24, 2.45) is 5.73 Å². The molecule has 17 heavy (non-hydrogen) atoms. The molecule has 0 aliphatic rings. The lowest BCUT2D eigenvalue weighted by molar-refractivity contribution is 0.473. The van der Waals surface area contributed by atoms with Gasteiger partial charge in [-0.25, -0.2) is 0 Å². The number of hydrogen-bond acceptors (Lipinski definition) is 2. The summed E-state index contributed by atoms with van der Waals surface area (Å²) in [5.74, 6) is 1.45. The van der Waals surface area contributed by atoms with Gasteiger partial charge < -0.3 is 10.5 Å². The molecule has 88 valence electrons. The first kappa shape index (κ1) is 12.0. The van der Waals surface area contributed by atoms with Crippen molar-refractivity contribution in [3.8, 4) is 11.5 Å². The van der Waals surface area contributed by atoms with E-state index in [-0.39, 0.29) is 0 Å². The van der Waals surface area contributed by atoms with Crippen LogP contribution in [0.2, 0.25) is 5.02 Å². The molecule has 0 saturated heterocycles. The van der Waals surface area contributed by atoms with Crippen molar-refractivity contribution in [3.05, 3.63) is 58.6 Å². The van der Waals surface area contributed by atoms with Crippen molar-refractivity contribution in [1.29, 1.82) is 0 Å². The number of hydrogen-bond donors (Lipinski definition) is 1. The van der Waals surface area contributed by atoms with Gasteiger partial charge in [0.2, 0.25) is 0 Å². The lowest BCUT2D eigenvalue weighted by atomic mass is 10.2. The second kappa shape index (κ2) is 5.21. The normalized spacial score (nSPS) is 10.3. The summed E-state index contributed by atoms with van der Waals surface area (Å²) < 4.78 is 5.85. The van der Waals surface area contributed by atoms with Crippen LogP contribution in [0, 0.1) is 6.92 Å². The molecule has 0 spiro atoms. The zero-order chi connectivity index (χ0) is 12.3. The highest BCUT2D eigenvalue weighted by Crippen LogP contribution is 2.33. The third-order valence-electron chi connectivity index (χ3n) is 2.57. The summed E-state index contributed by atoms with van der Waals surface area (Å²) >= 11 is 6.13. The van der Waals surface area contributed by atoms with Gasteiger partial charge in [0.15, 0.2) is 0 Å². The maximum absolute atomic E-state index is 6.13. The third kappa shape index (κ3) is 2.60. The summed E-state index contributed by atoms with van der Waals surface area (Å²) in [6.45, 7) is 2.40. The summed E-state index contributed by atoms with van der Waals surface area (Å²) in [4.78, 5) is 0. The first-order valence-electron chi connectivity index (χ1n) is 5.43. The maximum Gasteiger partial charge on any atom is 0.150 e. The topological polar surface area (TPSA) is 35.2 Å². The van der Waals surface area contributed by atoms with Crippen molar-refractivity contribution >= 4 is 11.6 Å². The molecule has 0 aromatic heterocycles. The van der Waals surface area contributed by atoms with Gasteiger partial charge in [-0.2, -0.15) is 0 Å². The van der Waals surface area contributed by atoms with Gasteiger partial charge in [0, 0.05) is 12.1 Å². The summed E-state index contributed by atoms with van der Waals surface area (Å²) in [7, 11) is 0. The van der Waals surface area contributed by atoms with E-state index in [4.69, 9.17) is 22.1 Å². The largest absolute Gasteiger partial charge is 0.455 e. The maximum atomic E-state index is 6.13. The van der Waals surface area contributed by atoms with Gasteiger partial charge in [0.1, 0.15) is 11.5 Å². The predicted octanol–water partition coefficient (Wildman–Crippen LogP) is 3.90. The Balaban J connectivity index is 2.39. The minimum Gasteiger partial charge on any atom is -0.455 e. The molecule has 2 N–H and O–H groups in total. The van der Waals surface area contributed by atoms with Gasteiger partial charge in [0.05, 0.1) is 5.02 Å². The molecule has 0 aliphatic carbocycles. The smallest absolute Gasteiger partial charge is 0.150 e. The summed E-state index contributed by atoms with van der Waals surface area (Å²) in [6.07, 6.45) is 0. The van der Waals surface area contributed by atoms with E-state index in [0.29, 0.717) is 17.3 Å². The SMILES string of the molecule is Cc1ccccc1Oc1c(Cl)cccc1CN. The Morgan fingerprint density at radius 2 is 1.88 bits per heavy atom. The van der Waals surface area contributed by atoms with E-state index in [2.05, 4.69) is 0 Å². The third-order valence-corrected chi connectivity index (χ3v) is 2.87. The second-order valence-corrected chi connectivity index (χ2v) is 4.21. The van der Waals surface area contributed by atoms with Crippen LogP contribution < -0.4 is 10.5 Å². The number of aryl methyl sites for hydroxylation is 1. The first-order valence-corrected chi connectivity index (χ1v) is 5.81. The number of halogens is 1. The van der Waals surface area contributed by atoms with E-state index in [9.17, 15) is 0 Å². The first-order chi connectivity index (χ1) is 8.22. The number of benzene rings is 2.